The molecule has 0 rings (SSSR count). The van der Waals surface area contributed by atoms with Gasteiger partial charge in [-0.05, 0) is 0 Å². The van der Waals surface area contributed by atoms with E-state index in [2.05, 4.69) is 20.1 Å². The minimum atomic E-state index is 0. The molecule has 0 aromatic rings. The van der Waals surface area contributed by atoms with Crippen LogP contribution >= 0.6 is 16.3 Å². The average Bonchev–Trinajstić information content (AvgIpc) is 1.37. The molecule has 0 amide bonds. The predicted molar refractivity (Wildman–Crippen MR) is 24.2 cm³/mol. The van der Waals surface area contributed by atoms with Gasteiger partial charge in [-0.3, -0.25) is 0 Å². The molecule has 0 aliphatic carbocycles. The third-order valence-corrected chi connectivity index (χ3v) is 0.179. The fourth-order valence-electron chi connectivity index (χ4n) is 0. The van der Waals surface area contributed by atoms with Crippen LogP contribution in [0.4, 0.5) is 0 Å². The van der Waals surface area contributed by atoms with Crippen molar-refractivity contribution < 1.29 is 3.83 Å². The SMILES string of the molecule is N#COBr.[BaH2]. The van der Waals surface area contributed by atoms with Crippen molar-refractivity contribution in [1.29, 1.82) is 5.26 Å². The summed E-state index contributed by atoms with van der Waals surface area (Å²) >= 11 is 2.39. The van der Waals surface area contributed by atoms with E-state index in [-0.39, 0.29) is 48.9 Å². The molecule has 0 bridgehead atoms. The van der Waals surface area contributed by atoms with Gasteiger partial charge in [0.05, 0.1) is 0 Å². The topological polar surface area (TPSA) is 33.0 Å². The van der Waals surface area contributed by atoms with E-state index in [9.17, 15) is 0 Å². The summed E-state index contributed by atoms with van der Waals surface area (Å²) in [4.78, 5) is 0. The summed E-state index contributed by atoms with van der Waals surface area (Å²) in [5, 5.41) is 7.36. The van der Waals surface area contributed by atoms with Crippen molar-refractivity contribution in [2.24, 2.45) is 0 Å². The zero-order valence-electron chi connectivity index (χ0n) is 1.73. The van der Waals surface area contributed by atoms with Crippen LogP contribution in [0.2, 0.25) is 0 Å². The van der Waals surface area contributed by atoms with E-state index in [0.29, 0.717) is 0 Å². The first-order chi connectivity index (χ1) is 1.91. The van der Waals surface area contributed by atoms with E-state index in [4.69, 9.17) is 5.26 Å². The van der Waals surface area contributed by atoms with Crippen LogP contribution in [-0.2, 0) is 3.83 Å². The second-order valence-corrected chi connectivity index (χ2v) is 0.492. The zero-order chi connectivity index (χ0) is 3.41. The molecule has 0 aliphatic heterocycles. The molecule has 0 unspecified atom stereocenters. The van der Waals surface area contributed by atoms with Gasteiger partial charge < -0.3 is 3.83 Å². The predicted octanol–water partition coefficient (Wildman–Crippen LogP) is -0.122. The molecule has 5 heavy (non-hydrogen) atoms. The van der Waals surface area contributed by atoms with E-state index in [1.165, 1.54) is 6.26 Å². The third-order valence-electron chi connectivity index (χ3n) is 0.0345. The number of hydrogen-bond donors (Lipinski definition) is 0. The van der Waals surface area contributed by atoms with E-state index in [0.717, 1.165) is 0 Å². The summed E-state index contributed by atoms with van der Waals surface area (Å²) in [7, 11) is 0. The molecule has 0 heterocycles. The summed E-state index contributed by atoms with van der Waals surface area (Å²) in [6.07, 6.45) is 1.35. The molecule has 0 radical (unpaired) electrons. The van der Waals surface area contributed by atoms with Crippen LogP contribution in [0, 0.1) is 11.5 Å². The first kappa shape index (κ1) is 9.60. The molecular weight excluding hydrogens is 259 g/mol. The average molecular weight is 261 g/mol. The standard InChI is InChI=1S/CBrNO.Ba.2H/c2-4-1-3;;;. The monoisotopic (exact) mass is 261 g/mol. The molecule has 26 valence electrons. The summed E-state index contributed by atoms with van der Waals surface area (Å²) < 4.78 is 3.66. The summed E-state index contributed by atoms with van der Waals surface area (Å²) in [5.74, 6) is 0. The van der Waals surface area contributed by atoms with Crippen LogP contribution in [0.5, 0.6) is 0 Å². The van der Waals surface area contributed by atoms with Gasteiger partial charge in [0.25, 0.3) is 6.26 Å². The Labute approximate surface area is 79.0 Å². The fourth-order valence-corrected chi connectivity index (χ4v) is 0. The zero-order valence-corrected chi connectivity index (χ0v) is 3.32. The molecule has 0 aliphatic rings. The van der Waals surface area contributed by atoms with Gasteiger partial charge in [-0.2, -0.15) is 0 Å². The Balaban J connectivity index is 0. The summed E-state index contributed by atoms with van der Waals surface area (Å²) in [6, 6.07) is 0. The maximum absolute atomic E-state index is 7.36. The molecular formula is CH2BaBrNO. The minimum absolute atomic E-state index is 0. The van der Waals surface area contributed by atoms with Crippen molar-refractivity contribution in [2.45, 2.75) is 0 Å². The number of halogens is 1. The van der Waals surface area contributed by atoms with Crippen molar-refractivity contribution >= 4 is 65.1 Å². The number of hydrogen-bond acceptors (Lipinski definition) is 2. The maximum atomic E-state index is 7.36. The molecule has 0 aromatic heterocycles. The second kappa shape index (κ2) is 9.02. The Morgan fingerprint density at radius 3 is 2.00 bits per heavy atom. The van der Waals surface area contributed by atoms with Crippen LogP contribution in [-0.4, -0.2) is 48.9 Å². The van der Waals surface area contributed by atoms with Crippen LogP contribution < -0.4 is 0 Å². The molecule has 4 heteroatoms. The van der Waals surface area contributed by atoms with Crippen LogP contribution in [0.15, 0.2) is 0 Å². The van der Waals surface area contributed by atoms with Gasteiger partial charge in [0.1, 0.15) is 0 Å². The first-order valence-corrected chi connectivity index (χ1v) is 1.23. The molecule has 0 N–H and O–H groups in total. The number of rotatable bonds is 0. The summed E-state index contributed by atoms with van der Waals surface area (Å²) in [5.41, 5.74) is 0. The molecule has 0 saturated carbocycles. The number of nitrogens with zero attached hydrogens (tertiary/aromatic N) is 1. The first-order valence-electron chi connectivity index (χ1n) is 0.582. The van der Waals surface area contributed by atoms with E-state index in [1.54, 1.807) is 0 Å². The normalized spacial score (nSPS) is 3.20. The van der Waals surface area contributed by atoms with Gasteiger partial charge in [-0.1, -0.05) is 0 Å². The Morgan fingerprint density at radius 1 is 1.80 bits per heavy atom. The van der Waals surface area contributed by atoms with Gasteiger partial charge in [0, 0.05) is 0 Å². The van der Waals surface area contributed by atoms with Crippen LogP contribution in [0.1, 0.15) is 0 Å². The van der Waals surface area contributed by atoms with Gasteiger partial charge >= 0.3 is 48.9 Å². The molecule has 0 fully saturated rings. The quantitative estimate of drug-likeness (QED) is 0.450. The number of nitriles is 1. The van der Waals surface area contributed by atoms with Gasteiger partial charge in [0.15, 0.2) is 16.3 Å². The van der Waals surface area contributed by atoms with Crippen molar-refractivity contribution in [2.75, 3.05) is 0 Å². The summed E-state index contributed by atoms with van der Waals surface area (Å²) in [6.45, 7) is 0. The van der Waals surface area contributed by atoms with Crippen molar-refractivity contribution in [3.8, 4) is 6.26 Å². The molecule has 0 spiro atoms. The second-order valence-electron chi connectivity index (χ2n) is 0.168. The molecule has 0 atom stereocenters. The third kappa shape index (κ3) is 10.9. The van der Waals surface area contributed by atoms with Crippen molar-refractivity contribution in [3.63, 3.8) is 0 Å². The van der Waals surface area contributed by atoms with Gasteiger partial charge in [-0.15, -0.1) is 5.26 Å². The Morgan fingerprint density at radius 2 is 2.00 bits per heavy atom. The molecule has 2 nitrogen and oxygen atoms in total. The Hall–Kier alpha value is 1.34. The Kier molecular flexibility index (Phi) is 17.3. The van der Waals surface area contributed by atoms with E-state index >= 15 is 0 Å². The Bertz CT molecular complexity index is 41.4. The van der Waals surface area contributed by atoms with Gasteiger partial charge in [0.2, 0.25) is 0 Å². The van der Waals surface area contributed by atoms with E-state index < -0.39 is 0 Å². The fraction of sp³-hybridized carbons (Fsp3) is 0. The van der Waals surface area contributed by atoms with Crippen molar-refractivity contribution in [3.05, 3.63) is 0 Å². The van der Waals surface area contributed by atoms with Crippen LogP contribution in [0.3, 0.4) is 0 Å². The van der Waals surface area contributed by atoms with Gasteiger partial charge in [-0.25, -0.2) is 0 Å². The van der Waals surface area contributed by atoms with Crippen LogP contribution in [0.25, 0.3) is 0 Å². The molecule has 0 aromatic carbocycles. The van der Waals surface area contributed by atoms with Crippen molar-refractivity contribution in [1.82, 2.24) is 0 Å². The molecule has 0 saturated heterocycles. The van der Waals surface area contributed by atoms with E-state index in [1.807, 2.05) is 0 Å².